The summed E-state index contributed by atoms with van der Waals surface area (Å²) in [4.78, 5) is 28.0. The molecule has 3 aromatic rings. The molecule has 0 unspecified atom stereocenters. The molecule has 2 N–H and O–H groups in total. The van der Waals surface area contributed by atoms with Crippen LogP contribution in [0.2, 0.25) is 5.02 Å². The Morgan fingerprint density at radius 3 is 2.24 bits per heavy atom. The van der Waals surface area contributed by atoms with E-state index in [1.807, 2.05) is 65.8 Å². The Balaban J connectivity index is 1.92. The summed E-state index contributed by atoms with van der Waals surface area (Å²) < 4.78 is 34.2. The van der Waals surface area contributed by atoms with E-state index < -0.39 is 16.1 Å². The first-order valence-corrected chi connectivity index (χ1v) is 15.7. The van der Waals surface area contributed by atoms with Gasteiger partial charge in [-0.1, -0.05) is 86.9 Å². The first-order valence-electron chi connectivity index (χ1n) is 13.8. The number of hydrogen-bond acceptors (Lipinski definition) is 6. The second-order valence-corrected chi connectivity index (χ2v) is 12.6. The van der Waals surface area contributed by atoms with Crippen molar-refractivity contribution in [3.05, 3.63) is 64.9 Å². The van der Waals surface area contributed by atoms with E-state index in [1.54, 1.807) is 23.1 Å². The van der Waals surface area contributed by atoms with Crippen LogP contribution in [0.3, 0.4) is 0 Å². The van der Waals surface area contributed by atoms with E-state index in [2.05, 4.69) is 15.2 Å². The Hall–Kier alpha value is -3.37. The Labute approximate surface area is 247 Å². The van der Waals surface area contributed by atoms with E-state index in [4.69, 9.17) is 16.1 Å². The highest BCUT2D eigenvalue weighted by atomic mass is 35.5. The predicted octanol–water partition coefficient (Wildman–Crippen LogP) is 6.04. The Bertz CT molecular complexity index is 1450. The largest absolute Gasteiger partial charge is 0.358 e. The number of nitrogens with zero attached hydrogens (tertiary/aromatic N) is 2. The lowest BCUT2D eigenvalue weighted by molar-refractivity contribution is -0.143. The first-order chi connectivity index (χ1) is 19.4. The van der Waals surface area contributed by atoms with Crippen LogP contribution in [0.1, 0.15) is 65.7 Å². The van der Waals surface area contributed by atoms with Gasteiger partial charge in [0.15, 0.2) is 5.76 Å². The lowest BCUT2D eigenvalue weighted by atomic mass is 9.98. The maximum absolute atomic E-state index is 13.3. The molecule has 9 nitrogen and oxygen atoms in total. The summed E-state index contributed by atoms with van der Waals surface area (Å²) in [7, 11) is -4.05. The average molecular weight is 603 g/mol. The molecule has 0 aliphatic carbocycles. The third kappa shape index (κ3) is 7.89. The van der Waals surface area contributed by atoms with Gasteiger partial charge in [-0.15, -0.1) is 0 Å². The van der Waals surface area contributed by atoms with Crippen molar-refractivity contribution in [2.24, 2.45) is 5.92 Å². The summed E-state index contributed by atoms with van der Waals surface area (Å²) in [5, 5.41) is 6.84. The Morgan fingerprint density at radius 2 is 1.68 bits per heavy atom. The number of benzene rings is 2. The number of rotatable bonds is 13. The normalized spacial score (nSPS) is 12.4. The van der Waals surface area contributed by atoms with Crippen molar-refractivity contribution >= 4 is 39.3 Å². The standard InChI is InChI=1S/C30H39ClN4O5S/c1-7-11-26(36)35(28(19(3)4)30(37)32-20(5)6)18-21-14-16-22(17-15-21)23-12-9-10-13-25(23)41(38,39)34-29-27(31)24(8-2)40-33-29/h9-10,12-17,19-20,28H,7-8,11,18H2,1-6H3,(H,32,37)(H,33,34)/t28-/m0/s1. The number of carbonyl (C=O) groups is 2. The molecule has 0 bridgehead atoms. The Morgan fingerprint density at radius 1 is 1.02 bits per heavy atom. The van der Waals surface area contributed by atoms with Gasteiger partial charge in [0, 0.05) is 31.0 Å². The number of aromatic nitrogens is 1. The van der Waals surface area contributed by atoms with Crippen molar-refractivity contribution in [3.63, 3.8) is 0 Å². The van der Waals surface area contributed by atoms with Crippen LogP contribution in [0.25, 0.3) is 11.1 Å². The van der Waals surface area contributed by atoms with Crippen molar-refractivity contribution in [1.82, 2.24) is 15.4 Å². The fraction of sp³-hybridized carbons (Fsp3) is 0.433. The van der Waals surface area contributed by atoms with Crippen LogP contribution >= 0.6 is 11.6 Å². The van der Waals surface area contributed by atoms with E-state index in [9.17, 15) is 18.0 Å². The molecule has 0 fully saturated rings. The quantitative estimate of drug-likeness (QED) is 0.246. The van der Waals surface area contributed by atoms with Crippen LogP contribution in [0.15, 0.2) is 57.9 Å². The summed E-state index contributed by atoms with van der Waals surface area (Å²) in [5.41, 5.74) is 1.97. The smallest absolute Gasteiger partial charge is 0.263 e. The third-order valence-corrected chi connectivity index (χ3v) is 8.28. The van der Waals surface area contributed by atoms with Crippen LogP contribution in [0.4, 0.5) is 5.82 Å². The van der Waals surface area contributed by atoms with Gasteiger partial charge in [0.25, 0.3) is 10.0 Å². The lowest BCUT2D eigenvalue weighted by Crippen LogP contribution is -2.53. The second kappa shape index (κ2) is 14.0. The highest BCUT2D eigenvalue weighted by molar-refractivity contribution is 7.92. The third-order valence-electron chi connectivity index (χ3n) is 6.50. The van der Waals surface area contributed by atoms with Crippen LogP contribution in [0, 0.1) is 5.92 Å². The minimum atomic E-state index is -4.05. The molecule has 1 heterocycles. The van der Waals surface area contributed by atoms with Crippen molar-refractivity contribution in [3.8, 4) is 11.1 Å². The van der Waals surface area contributed by atoms with E-state index in [1.165, 1.54) is 6.07 Å². The molecule has 1 aromatic heterocycles. The molecule has 222 valence electrons. The molecule has 0 saturated carbocycles. The number of hydrogen-bond donors (Lipinski definition) is 2. The Kier molecular flexibility index (Phi) is 11.0. The zero-order valence-electron chi connectivity index (χ0n) is 24.4. The number of anilines is 1. The highest BCUT2D eigenvalue weighted by Crippen LogP contribution is 2.32. The maximum Gasteiger partial charge on any atom is 0.263 e. The SMILES string of the molecule is CCCC(=O)N(Cc1ccc(-c2ccccc2S(=O)(=O)Nc2noc(CC)c2Cl)cc1)[C@H](C(=O)NC(C)C)C(C)C. The second-order valence-electron chi connectivity index (χ2n) is 10.5. The minimum absolute atomic E-state index is 0.0500. The molecule has 0 spiro atoms. The number of aryl methyl sites for hydroxylation is 1. The number of carbonyl (C=O) groups excluding carboxylic acids is 2. The van der Waals surface area contributed by atoms with Gasteiger partial charge in [0.05, 0.1) is 4.90 Å². The number of nitrogens with one attached hydrogen (secondary N) is 2. The van der Waals surface area contributed by atoms with Gasteiger partial charge in [-0.2, -0.15) is 0 Å². The highest BCUT2D eigenvalue weighted by Gasteiger charge is 2.32. The van der Waals surface area contributed by atoms with Gasteiger partial charge in [-0.25, -0.2) is 8.42 Å². The van der Waals surface area contributed by atoms with Gasteiger partial charge < -0.3 is 14.7 Å². The number of halogens is 1. The van der Waals surface area contributed by atoms with Gasteiger partial charge in [-0.05, 0) is 43.4 Å². The van der Waals surface area contributed by atoms with Crippen molar-refractivity contribution in [2.45, 2.75) is 84.3 Å². The molecule has 0 radical (unpaired) electrons. The maximum atomic E-state index is 13.3. The molecule has 0 aliphatic rings. The summed E-state index contributed by atoms with van der Waals surface area (Å²) in [6, 6.07) is 13.3. The lowest BCUT2D eigenvalue weighted by Gasteiger charge is -2.34. The van der Waals surface area contributed by atoms with E-state index in [-0.39, 0.29) is 46.1 Å². The van der Waals surface area contributed by atoms with Crippen LogP contribution in [-0.2, 0) is 32.6 Å². The van der Waals surface area contributed by atoms with Crippen molar-refractivity contribution < 1.29 is 22.5 Å². The molecule has 2 amide bonds. The number of amides is 2. The van der Waals surface area contributed by atoms with E-state index >= 15 is 0 Å². The fourth-order valence-electron chi connectivity index (χ4n) is 4.58. The van der Waals surface area contributed by atoms with Crippen molar-refractivity contribution in [2.75, 3.05) is 4.72 Å². The summed E-state index contributed by atoms with van der Waals surface area (Å²) in [5.74, 6) is -0.0340. The topological polar surface area (TPSA) is 122 Å². The summed E-state index contributed by atoms with van der Waals surface area (Å²) >= 11 is 6.23. The molecule has 0 saturated heterocycles. The molecular formula is C30H39ClN4O5S. The van der Waals surface area contributed by atoms with Gasteiger partial charge in [-0.3, -0.25) is 14.3 Å². The van der Waals surface area contributed by atoms with Crippen LogP contribution < -0.4 is 10.0 Å². The molecule has 1 atom stereocenters. The average Bonchev–Trinajstić information content (AvgIpc) is 3.26. The molecule has 3 rings (SSSR count). The van der Waals surface area contributed by atoms with E-state index in [0.29, 0.717) is 36.1 Å². The van der Waals surface area contributed by atoms with Gasteiger partial charge in [0.2, 0.25) is 17.6 Å². The molecule has 0 aliphatic heterocycles. The van der Waals surface area contributed by atoms with Gasteiger partial charge in [0.1, 0.15) is 11.1 Å². The predicted molar refractivity (Wildman–Crippen MR) is 161 cm³/mol. The minimum Gasteiger partial charge on any atom is -0.358 e. The molecule has 41 heavy (non-hydrogen) atoms. The monoisotopic (exact) mass is 602 g/mol. The van der Waals surface area contributed by atoms with Crippen LogP contribution in [0.5, 0.6) is 0 Å². The molecular weight excluding hydrogens is 564 g/mol. The summed E-state index contributed by atoms with van der Waals surface area (Å²) in [6.45, 7) is 11.7. The summed E-state index contributed by atoms with van der Waals surface area (Å²) in [6.07, 6.45) is 1.48. The number of sulfonamides is 1. The zero-order valence-corrected chi connectivity index (χ0v) is 26.0. The molecule has 2 aromatic carbocycles. The first kappa shape index (κ1) is 32.1. The van der Waals surface area contributed by atoms with Crippen molar-refractivity contribution in [1.29, 1.82) is 0 Å². The van der Waals surface area contributed by atoms with E-state index in [0.717, 1.165) is 5.56 Å². The zero-order chi connectivity index (χ0) is 30.3. The van der Waals surface area contributed by atoms with Crippen LogP contribution in [-0.4, -0.2) is 42.4 Å². The van der Waals surface area contributed by atoms with Gasteiger partial charge >= 0.3 is 0 Å². The fourth-order valence-corrected chi connectivity index (χ4v) is 6.12. The molecule has 11 heteroatoms.